The number of carbonyl (C=O) groups excluding carboxylic acids is 1. The van der Waals surface area contributed by atoms with Crippen LogP contribution in [0.2, 0.25) is 0 Å². The van der Waals surface area contributed by atoms with Crippen molar-refractivity contribution in [2.45, 2.75) is 26.4 Å². The number of hydrogen-bond donors (Lipinski definition) is 3. The zero-order valence-corrected chi connectivity index (χ0v) is 13.0. The van der Waals surface area contributed by atoms with Gasteiger partial charge in [-0.3, -0.25) is 0 Å². The van der Waals surface area contributed by atoms with Crippen molar-refractivity contribution in [3.8, 4) is 0 Å². The molecule has 0 aromatic heterocycles. The summed E-state index contributed by atoms with van der Waals surface area (Å²) in [7, 11) is 0. The zero-order chi connectivity index (χ0) is 18.4. The Kier molecular flexibility index (Phi) is 6.22. The highest BCUT2D eigenvalue weighted by atomic mass is 16.5. The number of esters is 1. The lowest BCUT2D eigenvalue weighted by atomic mass is 10.0. The van der Waals surface area contributed by atoms with Crippen LogP contribution in [0.15, 0.2) is 29.8 Å². The maximum Gasteiger partial charge on any atom is 0.338 e. The van der Waals surface area contributed by atoms with Gasteiger partial charge < -0.3 is 20.1 Å². The van der Waals surface area contributed by atoms with Crippen molar-refractivity contribution < 1.29 is 39.2 Å². The predicted octanol–water partition coefficient (Wildman–Crippen LogP) is 2.05. The van der Waals surface area contributed by atoms with Crippen LogP contribution in [0.1, 0.15) is 51.3 Å². The fraction of sp³-hybridized carbons (Fsp3) is 0.250. The Morgan fingerprint density at radius 3 is 2.12 bits per heavy atom. The summed E-state index contributed by atoms with van der Waals surface area (Å²) in [6.45, 7) is 3.03. The Hall–Kier alpha value is -3.16. The quantitative estimate of drug-likeness (QED) is 0.508. The largest absolute Gasteiger partial charge is 0.478 e. The van der Waals surface area contributed by atoms with Crippen molar-refractivity contribution in [3.05, 3.63) is 46.5 Å². The molecular weight excluding hydrogens is 320 g/mol. The number of carboxylic acid groups (broad SMARTS) is 3. The van der Waals surface area contributed by atoms with E-state index in [-0.39, 0.29) is 11.1 Å². The molecule has 8 heteroatoms. The Morgan fingerprint density at radius 2 is 1.67 bits per heavy atom. The van der Waals surface area contributed by atoms with Crippen LogP contribution in [-0.4, -0.2) is 45.3 Å². The summed E-state index contributed by atoms with van der Waals surface area (Å²) < 4.78 is 5.12. The molecule has 8 nitrogen and oxygen atoms in total. The number of hydrogen-bond acceptors (Lipinski definition) is 5. The van der Waals surface area contributed by atoms with Crippen LogP contribution in [0.3, 0.4) is 0 Å². The molecule has 0 saturated heterocycles. The molecule has 0 aliphatic heterocycles. The normalized spacial score (nSPS) is 12.3. The summed E-state index contributed by atoms with van der Waals surface area (Å²) in [5, 5.41) is 26.8. The molecule has 1 aromatic carbocycles. The smallest absolute Gasteiger partial charge is 0.338 e. The highest BCUT2D eigenvalue weighted by Gasteiger charge is 2.20. The third-order valence-corrected chi connectivity index (χ3v) is 3.15. The van der Waals surface area contributed by atoms with Crippen molar-refractivity contribution >= 4 is 23.9 Å². The van der Waals surface area contributed by atoms with Gasteiger partial charge in [0.15, 0.2) is 0 Å². The molecule has 0 bridgehead atoms. The van der Waals surface area contributed by atoms with Gasteiger partial charge in [0.2, 0.25) is 0 Å². The van der Waals surface area contributed by atoms with Gasteiger partial charge >= 0.3 is 23.9 Å². The van der Waals surface area contributed by atoms with Gasteiger partial charge in [-0.1, -0.05) is 6.92 Å². The molecule has 24 heavy (non-hydrogen) atoms. The predicted molar refractivity (Wildman–Crippen MR) is 81.2 cm³/mol. The third-order valence-electron chi connectivity index (χ3n) is 3.15. The molecule has 0 radical (unpaired) electrons. The lowest BCUT2D eigenvalue weighted by Crippen LogP contribution is -2.18. The van der Waals surface area contributed by atoms with Crippen molar-refractivity contribution in [1.82, 2.24) is 0 Å². The van der Waals surface area contributed by atoms with E-state index in [1.165, 1.54) is 13.0 Å². The van der Waals surface area contributed by atoms with Crippen molar-refractivity contribution in [2.24, 2.45) is 0 Å². The third kappa shape index (κ3) is 4.67. The van der Waals surface area contributed by atoms with Crippen LogP contribution < -0.4 is 0 Å². The van der Waals surface area contributed by atoms with Crippen LogP contribution in [0.4, 0.5) is 0 Å². The van der Waals surface area contributed by atoms with Crippen LogP contribution in [0, 0.1) is 0 Å². The van der Waals surface area contributed by atoms with Gasteiger partial charge in [0.1, 0.15) is 6.10 Å². The number of ether oxygens (including phenoxy) is 1. The average molecular weight is 336 g/mol. The molecule has 1 aromatic rings. The molecule has 0 spiro atoms. The molecule has 0 amide bonds. The summed E-state index contributed by atoms with van der Waals surface area (Å²) in [5.41, 5.74) is -1.13. The Bertz CT molecular complexity index is 717. The maximum absolute atomic E-state index is 12.1. The van der Waals surface area contributed by atoms with E-state index in [1.54, 1.807) is 6.92 Å². The standard InChI is InChI=1S/C16H16O8/c1-3-10(6-8(2)13(17)18)24-16(23)9-4-5-11(14(19)20)12(7-9)15(21)22/h4-7,10H,3H2,1-2H3,(H,17,18)(H,19,20)(H,21,22). The molecule has 1 atom stereocenters. The molecule has 1 rings (SSSR count). The van der Waals surface area contributed by atoms with E-state index in [0.717, 1.165) is 18.2 Å². The minimum atomic E-state index is -1.49. The molecule has 0 heterocycles. The van der Waals surface area contributed by atoms with Gasteiger partial charge in [0.25, 0.3) is 0 Å². The summed E-state index contributed by atoms with van der Waals surface area (Å²) in [5.74, 6) is -4.95. The fourth-order valence-electron chi connectivity index (χ4n) is 1.83. The first kappa shape index (κ1) is 18.9. The average Bonchev–Trinajstić information content (AvgIpc) is 2.52. The first-order valence-corrected chi connectivity index (χ1v) is 6.90. The van der Waals surface area contributed by atoms with E-state index in [4.69, 9.17) is 20.1 Å². The summed E-state index contributed by atoms with van der Waals surface area (Å²) in [4.78, 5) is 45.0. The number of aromatic carboxylic acids is 2. The van der Waals surface area contributed by atoms with Crippen LogP contribution in [-0.2, 0) is 9.53 Å². The lowest BCUT2D eigenvalue weighted by Gasteiger charge is -2.13. The van der Waals surface area contributed by atoms with E-state index in [2.05, 4.69) is 0 Å². The van der Waals surface area contributed by atoms with Gasteiger partial charge in [-0.2, -0.15) is 0 Å². The number of carbonyl (C=O) groups is 4. The summed E-state index contributed by atoms with van der Waals surface area (Å²) in [6, 6.07) is 3.05. The number of benzene rings is 1. The van der Waals surface area contributed by atoms with E-state index in [9.17, 15) is 19.2 Å². The number of rotatable bonds is 7. The van der Waals surface area contributed by atoms with E-state index in [0.29, 0.717) is 6.42 Å². The summed E-state index contributed by atoms with van der Waals surface area (Å²) >= 11 is 0. The van der Waals surface area contributed by atoms with Gasteiger partial charge in [-0.25, -0.2) is 19.2 Å². The number of aliphatic carboxylic acids is 1. The highest BCUT2D eigenvalue weighted by Crippen LogP contribution is 2.15. The van der Waals surface area contributed by atoms with E-state index >= 15 is 0 Å². The fourth-order valence-corrected chi connectivity index (χ4v) is 1.83. The van der Waals surface area contributed by atoms with Crippen LogP contribution in [0.25, 0.3) is 0 Å². The second-order valence-corrected chi connectivity index (χ2v) is 4.88. The Balaban J connectivity index is 3.09. The molecule has 3 N–H and O–H groups in total. The maximum atomic E-state index is 12.1. The van der Waals surface area contributed by atoms with Gasteiger partial charge in [0, 0.05) is 5.57 Å². The second kappa shape index (κ2) is 7.91. The topological polar surface area (TPSA) is 138 Å². The zero-order valence-electron chi connectivity index (χ0n) is 13.0. The summed E-state index contributed by atoms with van der Waals surface area (Å²) in [6.07, 6.45) is 0.778. The van der Waals surface area contributed by atoms with Crippen LogP contribution in [0.5, 0.6) is 0 Å². The lowest BCUT2D eigenvalue weighted by molar-refractivity contribution is -0.132. The van der Waals surface area contributed by atoms with Crippen LogP contribution >= 0.6 is 0 Å². The molecule has 1 unspecified atom stereocenters. The SMILES string of the molecule is CCC(C=C(C)C(=O)O)OC(=O)c1ccc(C(=O)O)c(C(=O)O)c1. The Morgan fingerprint density at radius 1 is 1.08 bits per heavy atom. The second-order valence-electron chi connectivity index (χ2n) is 4.88. The van der Waals surface area contributed by atoms with Crippen molar-refractivity contribution in [3.63, 3.8) is 0 Å². The highest BCUT2D eigenvalue weighted by molar-refractivity contribution is 6.04. The van der Waals surface area contributed by atoms with Gasteiger partial charge in [-0.05, 0) is 37.6 Å². The Labute approximate surface area is 137 Å². The molecule has 128 valence electrons. The molecular formula is C16H16O8. The van der Waals surface area contributed by atoms with E-state index in [1.807, 2.05) is 0 Å². The molecule has 0 saturated carbocycles. The van der Waals surface area contributed by atoms with Crippen molar-refractivity contribution in [2.75, 3.05) is 0 Å². The van der Waals surface area contributed by atoms with Crippen molar-refractivity contribution in [1.29, 1.82) is 0 Å². The first-order chi connectivity index (χ1) is 11.2. The van der Waals surface area contributed by atoms with Gasteiger partial charge in [0.05, 0.1) is 16.7 Å². The molecule has 0 aliphatic rings. The number of carboxylic acids is 3. The minimum Gasteiger partial charge on any atom is -0.478 e. The minimum absolute atomic E-state index is 0.00194. The van der Waals surface area contributed by atoms with Gasteiger partial charge in [-0.15, -0.1) is 0 Å². The van der Waals surface area contributed by atoms with E-state index < -0.39 is 41.1 Å². The first-order valence-electron chi connectivity index (χ1n) is 6.90. The molecule has 0 fully saturated rings. The molecule has 0 aliphatic carbocycles. The monoisotopic (exact) mass is 336 g/mol.